The second-order valence-electron chi connectivity index (χ2n) is 23.0. The molecule has 3 saturated carbocycles. The number of carbonyl (C=O) groups is 2. The Labute approximate surface area is 422 Å². The number of hydrogen-bond acceptors (Lipinski definition) is 9. The van der Waals surface area contributed by atoms with E-state index in [1.807, 2.05) is 34.7 Å². The van der Waals surface area contributed by atoms with Crippen LogP contribution in [0.3, 0.4) is 0 Å². The fourth-order valence-electron chi connectivity index (χ4n) is 9.64. The van der Waals surface area contributed by atoms with Gasteiger partial charge in [-0.05, 0) is 126 Å². The molecule has 402 valence electrons. The van der Waals surface area contributed by atoms with Crippen LogP contribution in [0.2, 0.25) is 0 Å². The standard InChI is InChI=1S/C11H20N2O.C10H19NO.C9H20N2.C9H19NO.C9H19N.C9H18O/c1-8(2)11(14)12-10-5-6-13(4)9(3)7-10;1-8(2)10(12)11-9-6-4-3-5-7-9;1-8(2)10-9-4-6-11(3)7-5-9;1-8(2)11-9-4-6-10(3)7-5-9;2*1-8(2)10-9-6-4-3-5-7-9/h8,10H,3,5-7H2,1-2,4H3,(H,12,14);8-9H,3-7H2,1-2H3,(H,11,12);8-10H,4-7H2,1-3H3;8-9H,4-7H2,1-3H3;8-10H,3-7H2,1-2H3;8-9H,3-7H2,1-2H3. The third-order valence-electron chi connectivity index (χ3n) is 13.8. The van der Waals surface area contributed by atoms with E-state index in [1.54, 1.807) is 0 Å². The topological polar surface area (TPSA) is 110 Å². The molecule has 3 aliphatic heterocycles. The van der Waals surface area contributed by atoms with Gasteiger partial charge in [0.1, 0.15) is 0 Å². The number of nitrogens with one attached hydrogen (secondary N) is 4. The van der Waals surface area contributed by atoms with Crippen molar-refractivity contribution in [3.8, 4) is 0 Å². The zero-order valence-electron chi connectivity index (χ0n) is 47.5. The maximum Gasteiger partial charge on any atom is 0.222 e. The van der Waals surface area contributed by atoms with Gasteiger partial charge in [-0.2, -0.15) is 0 Å². The lowest BCUT2D eigenvalue weighted by Gasteiger charge is -2.33. The van der Waals surface area contributed by atoms with Gasteiger partial charge in [-0.25, -0.2) is 0 Å². The molecule has 6 rings (SSSR count). The fourth-order valence-corrected chi connectivity index (χ4v) is 9.64. The van der Waals surface area contributed by atoms with E-state index in [4.69, 9.17) is 9.47 Å². The van der Waals surface area contributed by atoms with Gasteiger partial charge in [0.2, 0.25) is 11.8 Å². The van der Waals surface area contributed by atoms with Crippen molar-refractivity contribution in [3.05, 3.63) is 12.3 Å². The minimum Gasteiger partial charge on any atom is -0.378 e. The quantitative estimate of drug-likeness (QED) is 0.152. The number of piperidine rings is 3. The van der Waals surface area contributed by atoms with Crippen LogP contribution in [0.25, 0.3) is 0 Å². The summed E-state index contributed by atoms with van der Waals surface area (Å²) in [4.78, 5) is 29.7. The van der Waals surface area contributed by atoms with Crippen molar-refractivity contribution in [2.75, 3.05) is 53.9 Å². The molecule has 2 amide bonds. The van der Waals surface area contributed by atoms with Gasteiger partial charge in [0, 0.05) is 86.9 Å². The highest BCUT2D eigenvalue weighted by Crippen LogP contribution is 2.22. The molecular formula is C57H115N7O4. The van der Waals surface area contributed by atoms with Crippen LogP contribution < -0.4 is 21.3 Å². The summed E-state index contributed by atoms with van der Waals surface area (Å²) < 4.78 is 11.4. The Morgan fingerprint density at radius 2 is 0.794 bits per heavy atom. The van der Waals surface area contributed by atoms with Crippen molar-refractivity contribution in [1.82, 2.24) is 36.0 Å². The largest absolute Gasteiger partial charge is 0.378 e. The van der Waals surface area contributed by atoms with Gasteiger partial charge in [-0.3, -0.25) is 9.59 Å². The van der Waals surface area contributed by atoms with Crippen LogP contribution in [-0.2, 0) is 19.1 Å². The molecule has 0 aromatic rings. The second kappa shape index (κ2) is 37.9. The SMILES string of the molecule is C=C1CC(NC(=O)C(C)C)CCN1C.CC(C)C(=O)NC1CCCCC1.CC(C)NC1CCCCC1.CC(C)NC1CCN(C)CC1.CC(C)OC1CCCCC1.CC(C)OC1CCN(C)CC1. The molecule has 4 N–H and O–H groups in total. The van der Waals surface area contributed by atoms with Gasteiger partial charge in [-0.15, -0.1) is 0 Å². The number of hydrogen-bond donors (Lipinski definition) is 4. The molecule has 68 heavy (non-hydrogen) atoms. The molecule has 11 heteroatoms. The lowest BCUT2D eigenvalue weighted by Crippen LogP contribution is -2.43. The first kappa shape index (κ1) is 64.3. The number of ether oxygens (including phenoxy) is 2. The molecule has 3 saturated heterocycles. The molecular weight excluding hydrogens is 847 g/mol. The summed E-state index contributed by atoms with van der Waals surface area (Å²) in [6.07, 6.45) is 29.0. The summed E-state index contributed by atoms with van der Waals surface area (Å²) in [5.74, 6) is 0.559. The number of amides is 2. The van der Waals surface area contributed by atoms with Crippen molar-refractivity contribution in [3.63, 3.8) is 0 Å². The molecule has 0 aromatic carbocycles. The predicted octanol–water partition coefficient (Wildman–Crippen LogP) is 11.1. The Morgan fingerprint density at radius 1 is 0.456 bits per heavy atom. The molecule has 3 aliphatic carbocycles. The summed E-state index contributed by atoms with van der Waals surface area (Å²) in [6.45, 7) is 34.9. The van der Waals surface area contributed by atoms with Gasteiger partial charge in [-0.1, -0.05) is 120 Å². The first-order valence-corrected chi connectivity index (χ1v) is 28.3. The maximum absolute atomic E-state index is 11.4. The minimum absolute atomic E-state index is 0.0721. The monoisotopic (exact) mass is 962 g/mol. The van der Waals surface area contributed by atoms with Crippen molar-refractivity contribution in [2.24, 2.45) is 11.8 Å². The smallest absolute Gasteiger partial charge is 0.222 e. The molecule has 0 bridgehead atoms. The average Bonchev–Trinajstić information content (AvgIpc) is 3.28. The lowest BCUT2D eigenvalue weighted by molar-refractivity contribution is -0.125. The number of likely N-dealkylation sites (tertiary alicyclic amines) is 3. The van der Waals surface area contributed by atoms with Crippen LogP contribution in [0.1, 0.15) is 218 Å². The van der Waals surface area contributed by atoms with Crippen LogP contribution in [0, 0.1) is 11.8 Å². The van der Waals surface area contributed by atoms with E-state index in [1.165, 1.54) is 148 Å². The third kappa shape index (κ3) is 33.8. The minimum atomic E-state index is 0.0721. The van der Waals surface area contributed by atoms with E-state index in [0.29, 0.717) is 42.5 Å². The lowest BCUT2D eigenvalue weighted by atomic mass is 9.95. The van der Waals surface area contributed by atoms with Gasteiger partial charge < -0.3 is 45.4 Å². The van der Waals surface area contributed by atoms with Crippen molar-refractivity contribution in [2.45, 2.75) is 279 Å². The van der Waals surface area contributed by atoms with Crippen LogP contribution in [0.4, 0.5) is 0 Å². The molecule has 6 fully saturated rings. The molecule has 0 aromatic heterocycles. The van der Waals surface area contributed by atoms with Gasteiger partial charge in [0.25, 0.3) is 0 Å². The molecule has 11 nitrogen and oxygen atoms in total. The molecule has 3 heterocycles. The Bertz CT molecular complexity index is 1190. The van der Waals surface area contributed by atoms with E-state index in [2.05, 4.69) is 112 Å². The predicted molar refractivity (Wildman–Crippen MR) is 291 cm³/mol. The molecule has 0 spiro atoms. The average molecular weight is 963 g/mol. The normalized spacial score (nSPS) is 22.0. The number of carbonyl (C=O) groups excluding carboxylic acids is 2. The highest BCUT2D eigenvalue weighted by Gasteiger charge is 2.22. The van der Waals surface area contributed by atoms with Crippen molar-refractivity contribution >= 4 is 11.8 Å². The fraction of sp³-hybridized carbons (Fsp3) is 0.930. The van der Waals surface area contributed by atoms with Crippen LogP contribution in [0.5, 0.6) is 0 Å². The van der Waals surface area contributed by atoms with Gasteiger partial charge in [0.15, 0.2) is 0 Å². The van der Waals surface area contributed by atoms with Crippen LogP contribution in [0.15, 0.2) is 12.3 Å². The van der Waals surface area contributed by atoms with Gasteiger partial charge in [0.05, 0.1) is 24.4 Å². The van der Waals surface area contributed by atoms with E-state index in [-0.39, 0.29) is 29.7 Å². The zero-order valence-corrected chi connectivity index (χ0v) is 47.5. The highest BCUT2D eigenvalue weighted by molar-refractivity contribution is 5.78. The molecule has 1 atom stereocenters. The number of rotatable bonds is 12. The Kier molecular flexibility index (Phi) is 35.8. The summed E-state index contributed by atoms with van der Waals surface area (Å²) in [5.41, 5.74) is 1.12. The maximum atomic E-state index is 11.4. The van der Waals surface area contributed by atoms with E-state index in [0.717, 1.165) is 37.2 Å². The van der Waals surface area contributed by atoms with E-state index in [9.17, 15) is 9.59 Å². The van der Waals surface area contributed by atoms with Crippen molar-refractivity contribution in [1.29, 1.82) is 0 Å². The summed E-state index contributed by atoms with van der Waals surface area (Å²) in [6, 6.07) is 3.66. The van der Waals surface area contributed by atoms with Gasteiger partial charge >= 0.3 is 0 Å². The Balaban J connectivity index is 0.000000409. The molecule has 0 radical (unpaired) electrons. The van der Waals surface area contributed by atoms with Crippen LogP contribution >= 0.6 is 0 Å². The zero-order chi connectivity index (χ0) is 51.0. The Hall–Kier alpha value is -1.76. The van der Waals surface area contributed by atoms with Crippen LogP contribution in [-0.4, -0.2) is 141 Å². The van der Waals surface area contributed by atoms with Crippen molar-refractivity contribution < 1.29 is 19.1 Å². The molecule has 1 unspecified atom stereocenters. The molecule has 6 aliphatic rings. The second-order valence-corrected chi connectivity index (χ2v) is 23.0. The first-order chi connectivity index (χ1) is 32.1. The first-order valence-electron chi connectivity index (χ1n) is 28.3. The summed E-state index contributed by atoms with van der Waals surface area (Å²) in [5, 5.41) is 13.3. The van der Waals surface area contributed by atoms with E-state index < -0.39 is 0 Å². The Morgan fingerprint density at radius 3 is 1.18 bits per heavy atom. The number of nitrogens with zero attached hydrogens (tertiary/aromatic N) is 3. The van der Waals surface area contributed by atoms with E-state index >= 15 is 0 Å². The highest BCUT2D eigenvalue weighted by atomic mass is 16.5. The third-order valence-corrected chi connectivity index (χ3v) is 13.8. The summed E-state index contributed by atoms with van der Waals surface area (Å²) in [7, 11) is 6.42. The summed E-state index contributed by atoms with van der Waals surface area (Å²) >= 11 is 0.